The SMILES string of the molecule is COC(=O)C1=C(C(=O)OC)N(c2ccc(-c3ncccn3)cc2)COC1. The number of aromatic nitrogens is 2. The summed E-state index contributed by atoms with van der Waals surface area (Å²) in [7, 11) is 2.51. The number of hydrogen-bond donors (Lipinski definition) is 0. The van der Waals surface area contributed by atoms with Gasteiger partial charge in [-0.2, -0.15) is 0 Å². The molecule has 3 rings (SSSR count). The van der Waals surface area contributed by atoms with Crippen LogP contribution in [0.3, 0.4) is 0 Å². The maximum atomic E-state index is 12.3. The highest BCUT2D eigenvalue weighted by Gasteiger charge is 2.32. The molecule has 1 aliphatic rings. The number of rotatable bonds is 4. The second-order valence-electron chi connectivity index (χ2n) is 5.34. The lowest BCUT2D eigenvalue weighted by molar-refractivity contribution is -0.140. The molecule has 26 heavy (non-hydrogen) atoms. The summed E-state index contributed by atoms with van der Waals surface area (Å²) in [6.07, 6.45) is 3.32. The second kappa shape index (κ2) is 7.75. The average Bonchev–Trinajstić information content (AvgIpc) is 2.72. The van der Waals surface area contributed by atoms with Crippen LogP contribution in [0.4, 0.5) is 5.69 Å². The fourth-order valence-corrected chi connectivity index (χ4v) is 2.59. The van der Waals surface area contributed by atoms with E-state index in [2.05, 4.69) is 9.97 Å². The Bertz CT molecular complexity index is 834. The number of carbonyl (C=O) groups excluding carboxylic acids is 2. The normalized spacial score (nSPS) is 14.2. The first-order chi connectivity index (χ1) is 12.7. The molecule has 8 nitrogen and oxygen atoms in total. The summed E-state index contributed by atoms with van der Waals surface area (Å²) in [6, 6.07) is 8.97. The van der Waals surface area contributed by atoms with E-state index in [1.807, 2.05) is 12.1 Å². The Labute approximate surface area is 150 Å². The lowest BCUT2D eigenvalue weighted by atomic mass is 10.1. The summed E-state index contributed by atoms with van der Waals surface area (Å²) in [5, 5.41) is 0. The van der Waals surface area contributed by atoms with Crippen molar-refractivity contribution >= 4 is 17.6 Å². The van der Waals surface area contributed by atoms with Gasteiger partial charge in [-0.3, -0.25) is 0 Å². The average molecular weight is 355 g/mol. The smallest absolute Gasteiger partial charge is 0.355 e. The predicted molar refractivity (Wildman–Crippen MR) is 91.8 cm³/mol. The van der Waals surface area contributed by atoms with Crippen molar-refractivity contribution in [1.82, 2.24) is 9.97 Å². The Morgan fingerprint density at radius 3 is 2.31 bits per heavy atom. The molecule has 0 saturated heterocycles. The second-order valence-corrected chi connectivity index (χ2v) is 5.34. The van der Waals surface area contributed by atoms with Gasteiger partial charge in [0.2, 0.25) is 0 Å². The molecular weight excluding hydrogens is 338 g/mol. The Morgan fingerprint density at radius 1 is 1.04 bits per heavy atom. The first-order valence-corrected chi connectivity index (χ1v) is 7.78. The van der Waals surface area contributed by atoms with Crippen LogP contribution in [0, 0.1) is 0 Å². The van der Waals surface area contributed by atoms with E-state index < -0.39 is 11.9 Å². The number of nitrogens with zero attached hydrogens (tertiary/aromatic N) is 3. The largest absolute Gasteiger partial charge is 0.466 e. The molecule has 0 amide bonds. The number of ether oxygens (including phenoxy) is 3. The topological polar surface area (TPSA) is 90.9 Å². The van der Waals surface area contributed by atoms with Crippen molar-refractivity contribution in [2.24, 2.45) is 0 Å². The summed E-state index contributed by atoms with van der Waals surface area (Å²) in [5.41, 5.74) is 1.70. The van der Waals surface area contributed by atoms with Gasteiger partial charge in [0.15, 0.2) is 5.82 Å². The van der Waals surface area contributed by atoms with Crippen LogP contribution in [0.1, 0.15) is 0 Å². The van der Waals surface area contributed by atoms with E-state index in [4.69, 9.17) is 14.2 Å². The van der Waals surface area contributed by atoms with Gasteiger partial charge in [-0.15, -0.1) is 0 Å². The molecule has 0 spiro atoms. The van der Waals surface area contributed by atoms with E-state index in [0.29, 0.717) is 11.5 Å². The molecule has 2 heterocycles. The highest BCUT2D eigenvalue weighted by atomic mass is 16.5. The van der Waals surface area contributed by atoms with Crippen LogP contribution in [-0.4, -0.2) is 49.5 Å². The maximum Gasteiger partial charge on any atom is 0.355 e. The Morgan fingerprint density at radius 2 is 1.69 bits per heavy atom. The third-order valence-corrected chi connectivity index (χ3v) is 3.84. The zero-order valence-corrected chi connectivity index (χ0v) is 14.3. The van der Waals surface area contributed by atoms with Gasteiger partial charge in [0.05, 0.1) is 26.4 Å². The Hall–Kier alpha value is -3.26. The molecule has 0 aliphatic carbocycles. The number of anilines is 1. The molecular formula is C18H17N3O5. The minimum absolute atomic E-state index is 0.0243. The standard InChI is InChI=1S/C18H17N3O5/c1-24-17(22)14-10-26-11-21(15(14)18(23)25-2)13-6-4-12(5-7-13)16-19-8-3-9-20-16/h3-9H,10-11H2,1-2H3. The number of esters is 2. The predicted octanol–water partition coefficient (Wildman–Crippen LogP) is 1.54. The minimum Gasteiger partial charge on any atom is -0.466 e. The van der Waals surface area contributed by atoms with Gasteiger partial charge in [0, 0.05) is 23.6 Å². The molecule has 0 bridgehead atoms. The third-order valence-electron chi connectivity index (χ3n) is 3.84. The van der Waals surface area contributed by atoms with Crippen molar-refractivity contribution in [3.63, 3.8) is 0 Å². The molecule has 0 N–H and O–H groups in total. The third kappa shape index (κ3) is 3.40. The van der Waals surface area contributed by atoms with Crippen LogP contribution >= 0.6 is 0 Å². The van der Waals surface area contributed by atoms with E-state index >= 15 is 0 Å². The van der Waals surface area contributed by atoms with E-state index in [1.165, 1.54) is 14.2 Å². The monoisotopic (exact) mass is 355 g/mol. The van der Waals surface area contributed by atoms with E-state index in [-0.39, 0.29) is 24.6 Å². The first-order valence-electron chi connectivity index (χ1n) is 7.78. The molecule has 0 atom stereocenters. The summed E-state index contributed by atoms with van der Waals surface area (Å²) in [4.78, 5) is 34.2. The van der Waals surface area contributed by atoms with Crippen molar-refractivity contribution in [2.45, 2.75) is 0 Å². The Balaban J connectivity index is 1.98. The molecule has 1 aliphatic heterocycles. The fraction of sp³-hybridized carbons (Fsp3) is 0.222. The summed E-state index contributed by atoms with van der Waals surface area (Å²) >= 11 is 0. The van der Waals surface area contributed by atoms with Crippen LogP contribution in [-0.2, 0) is 23.8 Å². The van der Waals surface area contributed by atoms with E-state index in [1.54, 1.807) is 35.5 Å². The number of methoxy groups -OCH3 is 2. The molecule has 2 aromatic rings. The number of benzene rings is 1. The molecule has 1 aromatic heterocycles. The van der Waals surface area contributed by atoms with E-state index in [0.717, 1.165) is 5.56 Å². The molecule has 0 unspecified atom stereocenters. The van der Waals surface area contributed by atoms with Gasteiger partial charge < -0.3 is 19.1 Å². The van der Waals surface area contributed by atoms with Gasteiger partial charge in [-0.05, 0) is 30.3 Å². The molecule has 1 aromatic carbocycles. The summed E-state index contributed by atoms with van der Waals surface area (Å²) < 4.78 is 15.0. The lowest BCUT2D eigenvalue weighted by Crippen LogP contribution is -2.38. The maximum absolute atomic E-state index is 12.3. The molecule has 0 radical (unpaired) electrons. The number of carbonyl (C=O) groups is 2. The summed E-state index contributed by atoms with van der Waals surface area (Å²) in [5.74, 6) is -0.679. The fourth-order valence-electron chi connectivity index (χ4n) is 2.59. The summed E-state index contributed by atoms with van der Waals surface area (Å²) in [6.45, 7) is 0.0790. The van der Waals surface area contributed by atoms with Crippen molar-refractivity contribution in [2.75, 3.05) is 32.5 Å². The van der Waals surface area contributed by atoms with Crippen LogP contribution in [0.5, 0.6) is 0 Å². The van der Waals surface area contributed by atoms with Crippen LogP contribution in [0.2, 0.25) is 0 Å². The molecule has 0 saturated carbocycles. The zero-order valence-electron chi connectivity index (χ0n) is 14.3. The van der Waals surface area contributed by atoms with Gasteiger partial charge in [-0.1, -0.05) is 0 Å². The van der Waals surface area contributed by atoms with Crippen LogP contribution in [0.15, 0.2) is 54.0 Å². The van der Waals surface area contributed by atoms with Gasteiger partial charge in [0.25, 0.3) is 0 Å². The molecule has 0 fully saturated rings. The van der Waals surface area contributed by atoms with Gasteiger partial charge in [-0.25, -0.2) is 19.6 Å². The highest BCUT2D eigenvalue weighted by molar-refractivity contribution is 6.03. The Kier molecular flexibility index (Phi) is 5.23. The van der Waals surface area contributed by atoms with Crippen molar-refractivity contribution in [3.05, 3.63) is 54.0 Å². The highest BCUT2D eigenvalue weighted by Crippen LogP contribution is 2.28. The first kappa shape index (κ1) is 17.6. The minimum atomic E-state index is -0.635. The quantitative estimate of drug-likeness (QED) is 0.763. The van der Waals surface area contributed by atoms with Gasteiger partial charge in [0.1, 0.15) is 12.4 Å². The van der Waals surface area contributed by atoms with E-state index in [9.17, 15) is 9.59 Å². The van der Waals surface area contributed by atoms with Gasteiger partial charge >= 0.3 is 11.9 Å². The number of hydrogen-bond acceptors (Lipinski definition) is 8. The zero-order chi connectivity index (χ0) is 18.5. The van der Waals surface area contributed by atoms with Crippen molar-refractivity contribution < 1.29 is 23.8 Å². The van der Waals surface area contributed by atoms with Crippen LogP contribution < -0.4 is 4.90 Å². The van der Waals surface area contributed by atoms with Crippen molar-refractivity contribution in [1.29, 1.82) is 0 Å². The van der Waals surface area contributed by atoms with Crippen molar-refractivity contribution in [3.8, 4) is 11.4 Å². The lowest BCUT2D eigenvalue weighted by Gasteiger charge is -2.31. The van der Waals surface area contributed by atoms with Crippen LogP contribution in [0.25, 0.3) is 11.4 Å². The molecule has 8 heteroatoms. The molecule has 134 valence electrons.